The zero-order chi connectivity index (χ0) is 13.8. The Hall–Kier alpha value is -1.10. The second-order valence-corrected chi connectivity index (χ2v) is 5.60. The molecule has 1 unspecified atom stereocenters. The lowest BCUT2D eigenvalue weighted by Crippen LogP contribution is -2.58. The van der Waals surface area contributed by atoms with E-state index >= 15 is 0 Å². The van der Waals surface area contributed by atoms with E-state index in [2.05, 4.69) is 10.6 Å². The summed E-state index contributed by atoms with van der Waals surface area (Å²) < 4.78 is 0. The number of hydrogen-bond acceptors (Lipinski definition) is 3. The van der Waals surface area contributed by atoms with E-state index in [1.54, 1.807) is 7.05 Å². The predicted molar refractivity (Wildman–Crippen MR) is 71.2 cm³/mol. The molecule has 1 aliphatic rings. The smallest absolute Gasteiger partial charge is 0.242 e. The van der Waals surface area contributed by atoms with E-state index in [9.17, 15) is 9.59 Å². The van der Waals surface area contributed by atoms with Crippen LogP contribution in [-0.4, -0.2) is 48.4 Å². The Bertz CT molecular complexity index is 309. The fourth-order valence-corrected chi connectivity index (χ4v) is 2.31. The van der Waals surface area contributed by atoms with Crippen molar-refractivity contribution in [3.63, 3.8) is 0 Å². The molecule has 1 fully saturated rings. The molecule has 0 aromatic rings. The van der Waals surface area contributed by atoms with E-state index in [4.69, 9.17) is 0 Å². The van der Waals surface area contributed by atoms with Crippen molar-refractivity contribution in [3.8, 4) is 0 Å². The number of nitrogens with one attached hydrogen (secondary N) is 2. The van der Waals surface area contributed by atoms with Crippen LogP contribution in [0.3, 0.4) is 0 Å². The number of carbonyl (C=O) groups is 2. The molecule has 1 aliphatic heterocycles. The third kappa shape index (κ3) is 3.98. The monoisotopic (exact) mass is 255 g/mol. The first-order valence-corrected chi connectivity index (χ1v) is 6.65. The van der Waals surface area contributed by atoms with E-state index in [-0.39, 0.29) is 24.4 Å². The zero-order valence-corrected chi connectivity index (χ0v) is 11.9. The molecule has 104 valence electrons. The second-order valence-electron chi connectivity index (χ2n) is 5.60. The van der Waals surface area contributed by atoms with Gasteiger partial charge in [0.05, 0.1) is 12.1 Å². The minimum absolute atomic E-state index is 0.00102. The number of likely N-dealkylation sites (N-methyl/N-ethyl adjacent to an activating group) is 1. The van der Waals surface area contributed by atoms with Crippen LogP contribution in [0.2, 0.25) is 0 Å². The fourth-order valence-electron chi connectivity index (χ4n) is 2.31. The Balaban J connectivity index is 2.52. The lowest BCUT2D eigenvalue weighted by Gasteiger charge is -2.36. The van der Waals surface area contributed by atoms with Crippen molar-refractivity contribution in [1.29, 1.82) is 0 Å². The molecule has 0 aliphatic carbocycles. The SMILES string of the molecule is CC(C)NC(=O)CN(C)C(=O)C1(C)CCCCN1. The van der Waals surface area contributed by atoms with E-state index in [1.165, 1.54) is 4.90 Å². The molecular weight excluding hydrogens is 230 g/mol. The maximum absolute atomic E-state index is 12.3. The van der Waals surface area contributed by atoms with Gasteiger partial charge < -0.3 is 15.5 Å². The van der Waals surface area contributed by atoms with Gasteiger partial charge >= 0.3 is 0 Å². The highest BCUT2D eigenvalue weighted by atomic mass is 16.2. The van der Waals surface area contributed by atoms with Gasteiger partial charge in [-0.3, -0.25) is 9.59 Å². The second kappa shape index (κ2) is 6.18. The molecule has 2 N–H and O–H groups in total. The van der Waals surface area contributed by atoms with Gasteiger partial charge in [0, 0.05) is 13.1 Å². The van der Waals surface area contributed by atoms with Gasteiger partial charge in [0.1, 0.15) is 0 Å². The number of piperidine rings is 1. The van der Waals surface area contributed by atoms with Crippen molar-refractivity contribution in [2.24, 2.45) is 0 Å². The Morgan fingerprint density at radius 2 is 2.06 bits per heavy atom. The molecule has 1 saturated heterocycles. The fraction of sp³-hybridized carbons (Fsp3) is 0.846. The molecule has 1 heterocycles. The molecule has 18 heavy (non-hydrogen) atoms. The molecule has 1 atom stereocenters. The third-order valence-electron chi connectivity index (χ3n) is 3.27. The number of rotatable bonds is 4. The van der Waals surface area contributed by atoms with Gasteiger partial charge in [0.15, 0.2) is 0 Å². The van der Waals surface area contributed by atoms with Crippen LogP contribution in [0.25, 0.3) is 0 Å². The average Bonchev–Trinajstić information content (AvgIpc) is 2.27. The Labute approximate surface area is 109 Å². The van der Waals surface area contributed by atoms with Crippen molar-refractivity contribution in [3.05, 3.63) is 0 Å². The van der Waals surface area contributed by atoms with Gasteiger partial charge in [0.2, 0.25) is 11.8 Å². The van der Waals surface area contributed by atoms with Crippen LogP contribution in [0.1, 0.15) is 40.0 Å². The van der Waals surface area contributed by atoms with E-state index < -0.39 is 5.54 Å². The lowest BCUT2D eigenvalue weighted by molar-refractivity contribution is -0.140. The van der Waals surface area contributed by atoms with Crippen LogP contribution in [0.5, 0.6) is 0 Å². The Kier molecular flexibility index (Phi) is 5.14. The summed E-state index contributed by atoms with van der Waals surface area (Å²) in [7, 11) is 1.68. The van der Waals surface area contributed by atoms with Crippen molar-refractivity contribution in [2.75, 3.05) is 20.1 Å². The van der Waals surface area contributed by atoms with E-state index in [0.717, 1.165) is 25.8 Å². The topological polar surface area (TPSA) is 61.4 Å². The van der Waals surface area contributed by atoms with Crippen LogP contribution in [-0.2, 0) is 9.59 Å². The molecule has 1 rings (SSSR count). The van der Waals surface area contributed by atoms with E-state index in [1.807, 2.05) is 20.8 Å². The van der Waals surface area contributed by atoms with Gasteiger partial charge in [-0.2, -0.15) is 0 Å². The number of amides is 2. The average molecular weight is 255 g/mol. The molecule has 0 bridgehead atoms. The molecule has 0 saturated carbocycles. The molecule has 0 aromatic carbocycles. The molecule has 5 nitrogen and oxygen atoms in total. The van der Waals surface area contributed by atoms with Crippen LogP contribution in [0.4, 0.5) is 0 Å². The number of nitrogens with zero attached hydrogens (tertiary/aromatic N) is 1. The first kappa shape index (κ1) is 15.0. The zero-order valence-electron chi connectivity index (χ0n) is 11.9. The molecular formula is C13H25N3O2. The highest BCUT2D eigenvalue weighted by Gasteiger charge is 2.36. The van der Waals surface area contributed by atoms with Crippen LogP contribution < -0.4 is 10.6 Å². The van der Waals surface area contributed by atoms with Gasteiger partial charge in [-0.05, 0) is 46.6 Å². The molecule has 5 heteroatoms. The lowest BCUT2D eigenvalue weighted by atomic mass is 9.89. The molecule has 2 amide bonds. The minimum atomic E-state index is -0.509. The maximum atomic E-state index is 12.3. The Morgan fingerprint density at radius 3 is 2.56 bits per heavy atom. The first-order chi connectivity index (χ1) is 8.35. The van der Waals surface area contributed by atoms with Gasteiger partial charge in [-0.25, -0.2) is 0 Å². The summed E-state index contributed by atoms with van der Waals surface area (Å²) in [5, 5.41) is 6.06. The summed E-state index contributed by atoms with van der Waals surface area (Å²) in [6.45, 7) is 6.72. The van der Waals surface area contributed by atoms with E-state index in [0.29, 0.717) is 0 Å². The first-order valence-electron chi connectivity index (χ1n) is 6.65. The molecule has 0 spiro atoms. The summed E-state index contributed by atoms with van der Waals surface area (Å²) in [4.78, 5) is 25.5. The van der Waals surface area contributed by atoms with Crippen molar-refractivity contribution < 1.29 is 9.59 Å². The molecule has 0 aromatic heterocycles. The number of carbonyl (C=O) groups excluding carboxylic acids is 2. The molecule has 0 radical (unpaired) electrons. The third-order valence-corrected chi connectivity index (χ3v) is 3.27. The van der Waals surface area contributed by atoms with Gasteiger partial charge in [-0.1, -0.05) is 0 Å². The summed E-state index contributed by atoms with van der Waals surface area (Å²) in [5.41, 5.74) is -0.509. The van der Waals surface area contributed by atoms with Crippen LogP contribution in [0, 0.1) is 0 Å². The summed E-state index contributed by atoms with van der Waals surface area (Å²) in [5.74, 6) is -0.110. The highest BCUT2D eigenvalue weighted by Crippen LogP contribution is 2.20. The van der Waals surface area contributed by atoms with Crippen molar-refractivity contribution in [2.45, 2.75) is 51.6 Å². The summed E-state index contributed by atoms with van der Waals surface area (Å²) in [6, 6.07) is 0.101. The van der Waals surface area contributed by atoms with Crippen LogP contribution in [0.15, 0.2) is 0 Å². The highest BCUT2D eigenvalue weighted by molar-refractivity contribution is 5.90. The van der Waals surface area contributed by atoms with Crippen molar-refractivity contribution >= 4 is 11.8 Å². The van der Waals surface area contributed by atoms with Crippen molar-refractivity contribution in [1.82, 2.24) is 15.5 Å². The standard InChI is InChI=1S/C13H25N3O2/c1-10(2)15-11(17)9-16(4)12(18)13(3)7-5-6-8-14-13/h10,14H,5-9H2,1-4H3,(H,15,17). The summed E-state index contributed by atoms with van der Waals surface area (Å²) in [6.07, 6.45) is 3.00. The summed E-state index contributed by atoms with van der Waals surface area (Å²) >= 11 is 0. The quantitative estimate of drug-likeness (QED) is 0.769. The van der Waals surface area contributed by atoms with Gasteiger partial charge in [0.25, 0.3) is 0 Å². The largest absolute Gasteiger partial charge is 0.352 e. The van der Waals surface area contributed by atoms with Crippen LogP contribution >= 0.6 is 0 Å². The Morgan fingerprint density at radius 1 is 1.39 bits per heavy atom. The maximum Gasteiger partial charge on any atom is 0.242 e. The normalized spacial score (nSPS) is 23.8. The predicted octanol–water partition coefficient (Wildman–Crippen LogP) is 0.502. The number of hydrogen-bond donors (Lipinski definition) is 2. The van der Waals surface area contributed by atoms with Gasteiger partial charge in [-0.15, -0.1) is 0 Å². The minimum Gasteiger partial charge on any atom is -0.352 e.